The highest BCUT2D eigenvalue weighted by atomic mass is 16.2. The number of hydrogen-bond donors (Lipinski definition) is 1. The fourth-order valence-corrected chi connectivity index (χ4v) is 4.89. The van der Waals surface area contributed by atoms with Crippen LogP contribution < -0.4 is 0 Å². The first-order valence-electron chi connectivity index (χ1n) is 9.76. The molecular formula is C19H28N4O2. The van der Waals surface area contributed by atoms with Crippen molar-refractivity contribution in [3.8, 4) is 0 Å². The van der Waals surface area contributed by atoms with E-state index in [4.69, 9.17) is 0 Å². The van der Waals surface area contributed by atoms with Crippen LogP contribution in [0.4, 0.5) is 0 Å². The molecule has 1 unspecified atom stereocenters. The molecule has 1 N–H and O–H groups in total. The minimum atomic E-state index is 0.0998. The first-order valence-corrected chi connectivity index (χ1v) is 9.76. The second-order valence-corrected chi connectivity index (χ2v) is 7.91. The lowest BCUT2D eigenvalue weighted by molar-refractivity contribution is -0.136. The highest BCUT2D eigenvalue weighted by Gasteiger charge is 2.44. The SMILES string of the molecule is O=C1CCCCN1CCCC(=O)N1CCCC2(CCc3cn[nH]c32)C1. The van der Waals surface area contributed by atoms with Gasteiger partial charge in [-0.2, -0.15) is 5.10 Å². The summed E-state index contributed by atoms with van der Waals surface area (Å²) < 4.78 is 0. The molecule has 1 aromatic rings. The van der Waals surface area contributed by atoms with E-state index in [1.807, 2.05) is 11.1 Å². The summed E-state index contributed by atoms with van der Waals surface area (Å²) in [6.07, 6.45) is 10.5. The Morgan fingerprint density at radius 2 is 2.12 bits per heavy atom. The van der Waals surface area contributed by atoms with Crippen molar-refractivity contribution in [2.24, 2.45) is 0 Å². The molecule has 0 aromatic carbocycles. The molecule has 0 saturated carbocycles. The third kappa shape index (κ3) is 3.18. The molecule has 2 aliphatic heterocycles. The molecule has 1 spiro atoms. The van der Waals surface area contributed by atoms with Gasteiger partial charge in [-0.3, -0.25) is 14.7 Å². The van der Waals surface area contributed by atoms with Gasteiger partial charge in [0.1, 0.15) is 0 Å². The number of H-pyrrole nitrogens is 1. The van der Waals surface area contributed by atoms with Crippen molar-refractivity contribution in [2.45, 2.75) is 63.2 Å². The number of carbonyl (C=O) groups excluding carboxylic acids is 2. The average molecular weight is 344 g/mol. The maximum Gasteiger partial charge on any atom is 0.222 e. The van der Waals surface area contributed by atoms with Crippen molar-refractivity contribution in [3.63, 3.8) is 0 Å². The normalized spacial score (nSPS) is 26.3. The molecule has 25 heavy (non-hydrogen) atoms. The van der Waals surface area contributed by atoms with Gasteiger partial charge in [0.15, 0.2) is 0 Å². The first kappa shape index (κ1) is 16.6. The van der Waals surface area contributed by atoms with Gasteiger partial charge in [-0.05, 0) is 50.5 Å². The van der Waals surface area contributed by atoms with Crippen molar-refractivity contribution < 1.29 is 9.59 Å². The highest BCUT2D eigenvalue weighted by molar-refractivity contribution is 5.78. The smallest absolute Gasteiger partial charge is 0.222 e. The van der Waals surface area contributed by atoms with Gasteiger partial charge in [0.2, 0.25) is 11.8 Å². The zero-order valence-corrected chi connectivity index (χ0v) is 14.9. The summed E-state index contributed by atoms with van der Waals surface area (Å²) in [5, 5.41) is 7.40. The Balaban J connectivity index is 1.31. The number of likely N-dealkylation sites (tertiary alicyclic amines) is 2. The summed E-state index contributed by atoms with van der Waals surface area (Å²) in [5.41, 5.74) is 2.70. The van der Waals surface area contributed by atoms with Crippen LogP contribution in [-0.2, 0) is 21.4 Å². The lowest BCUT2D eigenvalue weighted by Crippen LogP contribution is -2.48. The molecule has 6 nitrogen and oxygen atoms in total. The van der Waals surface area contributed by atoms with Crippen LogP contribution in [0.5, 0.6) is 0 Å². The molecule has 0 bridgehead atoms. The number of fused-ring (bicyclic) bond motifs is 2. The Kier molecular flexibility index (Phi) is 4.52. The molecule has 1 aliphatic carbocycles. The van der Waals surface area contributed by atoms with E-state index in [9.17, 15) is 9.59 Å². The fourth-order valence-electron chi connectivity index (χ4n) is 4.89. The molecule has 0 radical (unpaired) electrons. The minimum absolute atomic E-state index is 0.0998. The molecule has 2 saturated heterocycles. The lowest BCUT2D eigenvalue weighted by atomic mass is 9.77. The third-order valence-corrected chi connectivity index (χ3v) is 6.29. The van der Waals surface area contributed by atoms with Gasteiger partial charge in [-0.15, -0.1) is 0 Å². The Morgan fingerprint density at radius 1 is 1.20 bits per heavy atom. The van der Waals surface area contributed by atoms with E-state index >= 15 is 0 Å². The zero-order valence-electron chi connectivity index (χ0n) is 14.9. The molecule has 2 fully saturated rings. The summed E-state index contributed by atoms with van der Waals surface area (Å²) in [4.78, 5) is 28.5. The van der Waals surface area contributed by atoms with E-state index < -0.39 is 0 Å². The van der Waals surface area contributed by atoms with Gasteiger partial charge >= 0.3 is 0 Å². The molecule has 136 valence electrons. The second-order valence-electron chi connectivity index (χ2n) is 7.91. The van der Waals surface area contributed by atoms with Crippen molar-refractivity contribution in [3.05, 3.63) is 17.5 Å². The van der Waals surface area contributed by atoms with Crippen LogP contribution in [0.1, 0.15) is 62.6 Å². The number of nitrogens with one attached hydrogen (secondary N) is 1. The molecule has 2 amide bonds. The van der Waals surface area contributed by atoms with Crippen molar-refractivity contribution >= 4 is 11.8 Å². The number of hydrogen-bond acceptors (Lipinski definition) is 3. The number of nitrogens with zero attached hydrogens (tertiary/aromatic N) is 3. The van der Waals surface area contributed by atoms with Gasteiger partial charge in [0.05, 0.1) is 6.20 Å². The fraction of sp³-hybridized carbons (Fsp3) is 0.737. The maximum atomic E-state index is 12.7. The standard InChI is InChI=1S/C19H28N4O2/c24-16-5-1-2-10-22(16)11-3-6-17(25)23-12-4-8-19(14-23)9-7-15-13-20-21-18(15)19/h13H,1-12,14H2,(H,20,21). The molecule has 6 heteroatoms. The van der Waals surface area contributed by atoms with Crippen LogP contribution in [0, 0.1) is 0 Å². The summed E-state index contributed by atoms with van der Waals surface area (Å²) in [5.74, 6) is 0.504. The van der Waals surface area contributed by atoms with E-state index in [0.717, 1.165) is 71.1 Å². The van der Waals surface area contributed by atoms with Gasteiger partial charge in [0, 0.05) is 50.1 Å². The number of carbonyl (C=O) groups is 2. The number of aryl methyl sites for hydroxylation is 1. The van der Waals surface area contributed by atoms with Gasteiger partial charge in [-0.1, -0.05) is 0 Å². The molecule has 1 aromatic heterocycles. The van der Waals surface area contributed by atoms with E-state index in [1.54, 1.807) is 0 Å². The van der Waals surface area contributed by atoms with Crippen LogP contribution in [0.3, 0.4) is 0 Å². The third-order valence-electron chi connectivity index (χ3n) is 6.29. The Labute approximate surface area is 148 Å². The molecular weight excluding hydrogens is 316 g/mol. The van der Waals surface area contributed by atoms with Crippen LogP contribution in [0.15, 0.2) is 6.20 Å². The number of aromatic amines is 1. The van der Waals surface area contributed by atoms with Crippen LogP contribution >= 0.6 is 0 Å². The van der Waals surface area contributed by atoms with E-state index in [2.05, 4.69) is 15.1 Å². The Morgan fingerprint density at radius 3 is 3.00 bits per heavy atom. The highest BCUT2D eigenvalue weighted by Crippen LogP contribution is 2.43. The van der Waals surface area contributed by atoms with Crippen LogP contribution in [0.2, 0.25) is 0 Å². The monoisotopic (exact) mass is 344 g/mol. The van der Waals surface area contributed by atoms with Gasteiger partial charge < -0.3 is 9.80 Å². The predicted octanol–water partition coefficient (Wildman–Crippen LogP) is 2.01. The quantitative estimate of drug-likeness (QED) is 0.908. The van der Waals surface area contributed by atoms with Crippen LogP contribution in [0.25, 0.3) is 0 Å². The number of rotatable bonds is 4. The summed E-state index contributed by atoms with van der Waals surface area (Å²) >= 11 is 0. The van der Waals surface area contributed by atoms with Gasteiger partial charge in [0.25, 0.3) is 0 Å². The lowest BCUT2D eigenvalue weighted by Gasteiger charge is -2.40. The predicted molar refractivity (Wildman–Crippen MR) is 94.1 cm³/mol. The van der Waals surface area contributed by atoms with E-state index in [0.29, 0.717) is 12.8 Å². The minimum Gasteiger partial charge on any atom is -0.343 e. The Hall–Kier alpha value is -1.85. The van der Waals surface area contributed by atoms with E-state index in [1.165, 1.54) is 11.3 Å². The van der Waals surface area contributed by atoms with Crippen molar-refractivity contribution in [1.82, 2.24) is 20.0 Å². The topological polar surface area (TPSA) is 69.3 Å². The maximum absolute atomic E-state index is 12.7. The first-order chi connectivity index (χ1) is 12.2. The van der Waals surface area contributed by atoms with Crippen LogP contribution in [-0.4, -0.2) is 58.0 Å². The number of amides is 2. The molecule has 3 heterocycles. The molecule has 3 aliphatic rings. The second kappa shape index (κ2) is 6.81. The van der Waals surface area contributed by atoms with Crippen molar-refractivity contribution in [1.29, 1.82) is 0 Å². The Bertz CT molecular complexity index is 656. The largest absolute Gasteiger partial charge is 0.343 e. The summed E-state index contributed by atoms with van der Waals surface area (Å²) in [7, 11) is 0. The average Bonchev–Trinajstić information content (AvgIpc) is 3.22. The van der Waals surface area contributed by atoms with Gasteiger partial charge in [-0.25, -0.2) is 0 Å². The summed E-state index contributed by atoms with van der Waals surface area (Å²) in [6, 6.07) is 0. The molecule has 4 rings (SSSR count). The number of piperidine rings is 2. The van der Waals surface area contributed by atoms with E-state index in [-0.39, 0.29) is 17.2 Å². The number of aromatic nitrogens is 2. The summed E-state index contributed by atoms with van der Waals surface area (Å²) in [6.45, 7) is 3.28. The van der Waals surface area contributed by atoms with Crippen molar-refractivity contribution in [2.75, 3.05) is 26.2 Å². The molecule has 1 atom stereocenters. The zero-order chi connectivity index (χ0) is 17.3.